The Kier molecular flexibility index (Phi) is 39.6. The van der Waals surface area contributed by atoms with Crippen molar-refractivity contribution in [2.45, 2.75) is 273 Å². The zero-order chi connectivity index (χ0) is 94.5. The highest BCUT2D eigenvalue weighted by Crippen LogP contribution is 2.50. The third-order valence-electron chi connectivity index (χ3n) is 22.6. The molecule has 2 aromatic rings. The molecule has 5 aliphatic heterocycles. The highest BCUT2D eigenvalue weighted by molar-refractivity contribution is 14.1. The number of imide groups is 1. The number of hydroxylamine groups is 1. The van der Waals surface area contributed by atoms with E-state index < -0.39 is 175 Å². The summed E-state index contributed by atoms with van der Waals surface area (Å²) in [6, 6.07) is 2.72. The van der Waals surface area contributed by atoms with Crippen LogP contribution < -0.4 is 41.4 Å². The molecule has 11 N–H and O–H groups in total. The van der Waals surface area contributed by atoms with Crippen molar-refractivity contribution < 1.29 is 140 Å². The molecule has 0 spiro atoms. The number of ether oxygens (including phenoxy) is 13. The summed E-state index contributed by atoms with van der Waals surface area (Å²) in [6.45, 7) is 17.9. The first kappa shape index (κ1) is 105. The Balaban J connectivity index is 0.900. The number of hydrogen-bond donors (Lipinski definition) is 10. The van der Waals surface area contributed by atoms with Crippen LogP contribution in [0.25, 0.3) is 0 Å². The van der Waals surface area contributed by atoms with Crippen molar-refractivity contribution >= 4 is 120 Å². The first-order valence-corrected chi connectivity index (χ1v) is 46.9. The number of hydrogen-bond acceptors (Lipinski definition) is 33. The number of primary amides is 1. The number of fused-ring (bicyclic) bond motifs is 2. The number of nitrogens with one attached hydrogen (secondary N) is 4. The van der Waals surface area contributed by atoms with Crippen molar-refractivity contribution in [2.24, 2.45) is 17.6 Å². The lowest BCUT2D eigenvalue weighted by atomic mass is 9.72. The molecule has 4 saturated heterocycles. The van der Waals surface area contributed by atoms with Gasteiger partial charge in [-0.25, -0.2) is 9.59 Å². The lowest BCUT2D eigenvalue weighted by Crippen LogP contribution is -2.65. The van der Waals surface area contributed by atoms with E-state index in [-0.39, 0.29) is 151 Å². The molecule has 0 radical (unpaired) electrons. The number of methoxy groups -OCH3 is 5. The molecule has 36 nitrogen and oxygen atoms in total. The molecule has 21 atom stereocenters. The molecular weight excluding hydrogens is 1850 g/mol. The van der Waals surface area contributed by atoms with Gasteiger partial charge in [0, 0.05) is 111 Å². The van der Waals surface area contributed by atoms with Crippen LogP contribution in [0.15, 0.2) is 71.4 Å². The summed E-state index contributed by atoms with van der Waals surface area (Å²) in [6.07, 6.45) is -12.4. The number of ketones is 2. The van der Waals surface area contributed by atoms with Crippen LogP contribution >= 0.6 is 55.9 Å². The summed E-state index contributed by atoms with van der Waals surface area (Å²) < 4.78 is 79.7. The summed E-state index contributed by atoms with van der Waals surface area (Å²) >= 11 is 2.76. The van der Waals surface area contributed by atoms with Gasteiger partial charge in [0.2, 0.25) is 29.0 Å². The smallest absolute Gasteiger partial charge is 0.410 e. The number of halogens is 1. The first-order valence-electron chi connectivity index (χ1n) is 42.7. The van der Waals surface area contributed by atoms with Gasteiger partial charge in [0.15, 0.2) is 47.5 Å². The van der Waals surface area contributed by atoms with Crippen molar-refractivity contribution in [3.63, 3.8) is 0 Å². The molecule has 7 amide bonds. The van der Waals surface area contributed by atoms with Gasteiger partial charge in [-0.3, -0.25) is 48.1 Å². The number of nitrogens with two attached hydrogens (primary N) is 1. The summed E-state index contributed by atoms with van der Waals surface area (Å²) in [5.41, 5.74) is 7.47. The normalized spacial score (nSPS) is 28.5. The van der Waals surface area contributed by atoms with Gasteiger partial charge in [-0.1, -0.05) is 116 Å². The van der Waals surface area contributed by atoms with Crippen LogP contribution in [0, 0.1) is 46.0 Å². The molecule has 0 unspecified atom stereocenters. The number of thioether (sulfide) groups is 1. The first-order chi connectivity index (χ1) is 61.3. The summed E-state index contributed by atoms with van der Waals surface area (Å²) in [4.78, 5) is 142. The number of allylic oxidation sites excluding steroid dienone is 2. The highest BCUT2D eigenvalue weighted by Gasteiger charge is 2.53. The lowest BCUT2D eigenvalue weighted by molar-refractivity contribution is -0.337. The van der Waals surface area contributed by atoms with Crippen molar-refractivity contribution in [3.8, 4) is 40.9 Å². The topological polar surface area (TPSA) is 482 Å². The minimum absolute atomic E-state index is 0.00365. The molecule has 2 aliphatic carbocycles. The standard InChI is InChI=1S/C89H120IN7O29S3/c1-16-96(87(111)119-44-51-28-30-53(31-29-51)93-82(108)52(25-24-36-92-86(91)110)39-57(98)71(46(2)3)94-62(101)27-21-19-23-37-97-63(102)32-33-64(97)103)56-45-118-66(42-61(56)113-11)124-79-74(106)72(48(5)121-85(79)123-60-26-20-17-18-22-35-89(112)43-59(100)54(40-65(104)114-12)69(60)55(89)34-38-127-129-88(8,9)10)95-126-67-41-58(99)81(50(7)120-67)128-83(109)68-47(4)70(90)77(80(117-15)76(68)115-13)125-84-75(107)78(116-14)73(105)49(6)122-84/h17-18,28-34,46,48-50,52,56,58,60-61,66-67,71-75,78-79,81,84-85,95,99,105-107,112H,16,19,21,23-25,27,36-45H2,1-15H3,(H,93,108)(H,94,101)(H3,91,92,110)/b18-17-,55-34+/t48-,49+,50-,52-,56+,58+,60+,61+,66+,67+,71+,72-,73+,74+,75-,78-,79-,81-,84+,85+,89+/m1/s1. The van der Waals surface area contributed by atoms with E-state index in [1.54, 1.807) is 89.6 Å². The second kappa shape index (κ2) is 48.7. The Morgan fingerprint density at radius 3 is 2.16 bits per heavy atom. The van der Waals surface area contributed by atoms with E-state index in [9.17, 15) is 73.5 Å². The maximum Gasteiger partial charge on any atom is 0.410 e. The number of Topliss-reactive ketones (excluding diaryl/α,β-unsaturated/α-hetero) is 2. The van der Waals surface area contributed by atoms with Gasteiger partial charge in [0.05, 0.1) is 104 Å². The van der Waals surface area contributed by atoms with Gasteiger partial charge >= 0.3 is 18.1 Å². The number of amides is 7. The van der Waals surface area contributed by atoms with Crippen LogP contribution in [0.1, 0.15) is 154 Å². The summed E-state index contributed by atoms with van der Waals surface area (Å²) in [5, 5.41) is 66.2. The highest BCUT2D eigenvalue weighted by atomic mass is 127. The van der Waals surface area contributed by atoms with Crippen molar-refractivity contribution in [1.82, 2.24) is 25.9 Å². The largest absolute Gasteiger partial charge is 0.492 e. The zero-order valence-corrected chi connectivity index (χ0v) is 79.6. The fourth-order valence-corrected chi connectivity index (χ4v) is 19.7. The molecular formula is C89H120IN7O29S3. The van der Waals surface area contributed by atoms with Crippen LogP contribution in [0.4, 0.5) is 15.3 Å². The molecule has 129 heavy (non-hydrogen) atoms. The number of carbonyl (C=O) groups excluding carboxylic acids is 10. The maximum atomic E-state index is 14.7. The van der Waals surface area contributed by atoms with Crippen LogP contribution in [0.5, 0.6) is 17.2 Å². The van der Waals surface area contributed by atoms with Gasteiger partial charge in [0.25, 0.3) is 11.8 Å². The molecule has 40 heteroatoms. The van der Waals surface area contributed by atoms with E-state index in [2.05, 4.69) is 45.1 Å². The van der Waals surface area contributed by atoms with E-state index >= 15 is 0 Å². The maximum absolute atomic E-state index is 14.7. The minimum Gasteiger partial charge on any atom is -0.492 e. The van der Waals surface area contributed by atoms with E-state index in [1.165, 1.54) is 75.5 Å². The van der Waals surface area contributed by atoms with Crippen molar-refractivity contribution in [2.75, 3.05) is 72.9 Å². The number of likely N-dealkylation sites (N-methyl/N-ethyl adjacent to an activating group) is 1. The number of aliphatic hydroxyl groups excluding tert-OH is 4. The number of nitrogens with zero attached hydrogens (tertiary/aromatic N) is 2. The average Bonchev–Trinajstić information content (AvgIpc) is 1.63. The Hall–Kier alpha value is -7.80. The Labute approximate surface area is 776 Å². The predicted molar refractivity (Wildman–Crippen MR) is 482 cm³/mol. The molecule has 710 valence electrons. The van der Waals surface area contributed by atoms with Crippen molar-refractivity contribution in [3.05, 3.63) is 91.6 Å². The van der Waals surface area contributed by atoms with E-state index in [4.69, 9.17) is 72.2 Å². The molecule has 5 heterocycles. The molecule has 0 aromatic heterocycles. The van der Waals surface area contributed by atoms with Gasteiger partial charge in [0.1, 0.15) is 43.2 Å². The van der Waals surface area contributed by atoms with E-state index in [0.717, 1.165) is 16.7 Å². The van der Waals surface area contributed by atoms with Gasteiger partial charge in [-0.05, 0) is 124 Å². The third kappa shape index (κ3) is 27.7. The fourth-order valence-electron chi connectivity index (χ4n) is 15.8. The SMILES string of the molecule is CCN(C(=O)OCc1ccc(NC(=O)[C@H](CCCNC(N)=O)CC(=O)[C@@H](NC(=O)CCCCCN2C(=O)C=CC2=O)C(C)C)cc1)[C@H]1CO[C@@H](O[C@H]2[C@H](O[C@H]3C#C/C=C\C#C[C@]4(O)CC(=O)C(CC(=O)OC)=C3/C4=C\CSSC(C)(C)C)O[C@H](C)[C@@H](NO[C@H]3C[C@H](O)[C@H](SC(=O)c4c(C)c(I)c(O[C@@H]5O[C@@H](C)[C@H](O)[C@@H](OC)[C@H]5O)c(OC)c4OC)[C@@H](C)O3)[C@@H]2O)C[C@@H]1OC. The average molecular weight is 1980 g/mol. The summed E-state index contributed by atoms with van der Waals surface area (Å²) in [5.74, 6) is 7.24. The number of urea groups is 1. The van der Waals surface area contributed by atoms with Crippen LogP contribution in [0.2, 0.25) is 0 Å². The molecule has 7 aliphatic rings. The molecule has 0 saturated carbocycles. The van der Waals surface area contributed by atoms with Crippen LogP contribution in [-0.2, 0) is 92.4 Å². The number of rotatable bonds is 41. The molecule has 2 aromatic carbocycles. The van der Waals surface area contributed by atoms with E-state index in [1.807, 2.05) is 43.4 Å². The van der Waals surface area contributed by atoms with Crippen molar-refractivity contribution in [1.29, 1.82) is 0 Å². The molecule has 2 bridgehead atoms. The quantitative estimate of drug-likeness (QED) is 0.00637. The number of aliphatic hydroxyl groups is 5. The second-order valence-corrected chi connectivity index (χ2v) is 38.7. The van der Waals surface area contributed by atoms with Gasteiger partial charge < -0.3 is 114 Å². The van der Waals surface area contributed by atoms with Crippen LogP contribution in [-0.4, -0.2) is 287 Å². The number of benzene rings is 2. The molecule has 4 fully saturated rings. The third-order valence-corrected chi connectivity index (χ3v) is 28.5. The Morgan fingerprint density at radius 2 is 1.52 bits per heavy atom. The second-order valence-electron chi connectivity index (χ2n) is 33.3. The lowest BCUT2D eigenvalue weighted by Gasteiger charge is -2.47. The van der Waals surface area contributed by atoms with E-state index in [0.29, 0.717) is 39.6 Å². The number of esters is 1. The minimum atomic E-state index is -2.13. The summed E-state index contributed by atoms with van der Waals surface area (Å²) in [7, 11) is 9.65. The Morgan fingerprint density at radius 1 is 0.822 bits per heavy atom. The monoisotopic (exact) mass is 1970 g/mol. The number of carbonyl (C=O) groups is 10. The fraction of sp³-hybridized carbons (Fsp3) is 0.618. The predicted octanol–water partition coefficient (Wildman–Crippen LogP) is 6.60. The van der Waals surface area contributed by atoms with Gasteiger partial charge in [-0.2, -0.15) is 5.48 Å². The number of anilines is 1. The Bertz CT molecular complexity index is 4560. The molecule has 9 rings (SSSR count). The van der Waals surface area contributed by atoms with Crippen LogP contribution in [0.3, 0.4) is 0 Å². The zero-order valence-electron chi connectivity index (χ0n) is 74.9. The number of unbranched alkanes of at least 4 members (excludes halogenated alkanes) is 2. The van der Waals surface area contributed by atoms with Gasteiger partial charge in [-0.15, -0.1) is 0 Å².